The fourth-order valence-electron chi connectivity index (χ4n) is 1.80. The van der Waals surface area contributed by atoms with Gasteiger partial charge < -0.3 is 5.32 Å². The number of nitrogens with two attached hydrogens (primary N) is 1. The lowest BCUT2D eigenvalue weighted by molar-refractivity contribution is 0.598. The third kappa shape index (κ3) is 4.07. The summed E-state index contributed by atoms with van der Waals surface area (Å²) in [4.78, 5) is 14.6. The van der Waals surface area contributed by atoms with E-state index in [-0.39, 0.29) is 10.6 Å². The van der Waals surface area contributed by atoms with Gasteiger partial charge in [0.2, 0.25) is 10.0 Å². The third-order valence-corrected chi connectivity index (χ3v) is 3.79. The number of benzene rings is 1. The molecule has 0 aliphatic rings. The third-order valence-electron chi connectivity index (χ3n) is 2.87. The molecule has 0 bridgehead atoms. The van der Waals surface area contributed by atoms with E-state index in [0.29, 0.717) is 12.2 Å². The van der Waals surface area contributed by atoms with Crippen molar-refractivity contribution in [2.24, 2.45) is 10.3 Å². The van der Waals surface area contributed by atoms with E-state index in [1.54, 1.807) is 12.4 Å². The quantitative estimate of drug-likeness (QED) is 0.789. The molecule has 0 aliphatic carbocycles. The molecule has 110 valence electrons. The Morgan fingerprint density at radius 3 is 2.52 bits per heavy atom. The molecule has 0 unspecified atom stereocenters. The number of hydrogen-bond donors (Lipinski definition) is 2. The van der Waals surface area contributed by atoms with E-state index in [0.717, 1.165) is 18.1 Å². The zero-order valence-corrected chi connectivity index (χ0v) is 11.9. The summed E-state index contributed by atoms with van der Waals surface area (Å²) in [5.74, 6) is 0. The van der Waals surface area contributed by atoms with Crippen molar-refractivity contribution in [3.05, 3.63) is 53.2 Å². The van der Waals surface area contributed by atoms with Gasteiger partial charge in [-0.15, -0.1) is 4.91 Å². The summed E-state index contributed by atoms with van der Waals surface area (Å²) in [6.07, 6.45) is 4.14. The maximum absolute atomic E-state index is 11.2. The van der Waals surface area contributed by atoms with Crippen molar-refractivity contribution in [2.75, 3.05) is 11.9 Å². The molecule has 0 saturated carbocycles. The number of anilines is 1. The van der Waals surface area contributed by atoms with Crippen molar-refractivity contribution in [2.45, 2.75) is 11.3 Å². The monoisotopic (exact) mass is 306 g/mol. The second-order valence-electron chi connectivity index (χ2n) is 4.35. The fourth-order valence-corrected chi connectivity index (χ4v) is 2.34. The van der Waals surface area contributed by atoms with Crippen LogP contribution in [0.2, 0.25) is 0 Å². The van der Waals surface area contributed by atoms with Gasteiger partial charge in [-0.1, -0.05) is 0 Å². The molecule has 0 atom stereocenters. The number of rotatable bonds is 6. The van der Waals surface area contributed by atoms with Crippen molar-refractivity contribution in [1.29, 1.82) is 0 Å². The Hall–Kier alpha value is -2.32. The minimum Gasteiger partial charge on any atom is -0.383 e. The Morgan fingerprint density at radius 1 is 1.19 bits per heavy atom. The van der Waals surface area contributed by atoms with E-state index < -0.39 is 10.0 Å². The van der Waals surface area contributed by atoms with E-state index >= 15 is 0 Å². The van der Waals surface area contributed by atoms with E-state index in [1.165, 1.54) is 12.1 Å². The number of sulfonamides is 1. The molecule has 0 spiro atoms. The van der Waals surface area contributed by atoms with Gasteiger partial charge in [0, 0.05) is 18.9 Å². The predicted octanol–water partition coefficient (Wildman–Crippen LogP) is 1.78. The molecular formula is C13H14N4O3S. The SMILES string of the molecule is NS(=O)(=O)c1ccc(NCCc2ccncc2)c(N=O)c1. The second kappa shape index (κ2) is 6.42. The highest BCUT2D eigenvalue weighted by molar-refractivity contribution is 7.89. The van der Waals surface area contributed by atoms with Crippen molar-refractivity contribution < 1.29 is 8.42 Å². The van der Waals surface area contributed by atoms with Gasteiger partial charge in [0.15, 0.2) is 0 Å². The zero-order valence-electron chi connectivity index (χ0n) is 11.1. The second-order valence-corrected chi connectivity index (χ2v) is 5.91. The fraction of sp³-hybridized carbons (Fsp3) is 0.154. The Kier molecular flexibility index (Phi) is 4.61. The lowest BCUT2D eigenvalue weighted by Gasteiger charge is -2.09. The molecule has 0 amide bonds. The first-order valence-electron chi connectivity index (χ1n) is 6.13. The van der Waals surface area contributed by atoms with Gasteiger partial charge in [-0.2, -0.15) is 0 Å². The number of nitroso groups, excluding NO2 is 1. The number of nitrogens with one attached hydrogen (secondary N) is 1. The predicted molar refractivity (Wildman–Crippen MR) is 79.7 cm³/mol. The molecule has 3 N–H and O–H groups in total. The van der Waals surface area contributed by atoms with Gasteiger partial charge >= 0.3 is 0 Å². The molecule has 2 aromatic rings. The average molecular weight is 306 g/mol. The largest absolute Gasteiger partial charge is 0.383 e. The van der Waals surface area contributed by atoms with Crippen LogP contribution in [0.5, 0.6) is 0 Å². The Labute approximate surface area is 122 Å². The topological polar surface area (TPSA) is 115 Å². The maximum Gasteiger partial charge on any atom is 0.238 e. The molecule has 1 heterocycles. The molecule has 0 radical (unpaired) electrons. The van der Waals surface area contributed by atoms with E-state index in [4.69, 9.17) is 5.14 Å². The molecule has 1 aromatic carbocycles. The first-order chi connectivity index (χ1) is 10.0. The van der Waals surface area contributed by atoms with Crippen molar-refractivity contribution in [1.82, 2.24) is 4.98 Å². The molecule has 8 heteroatoms. The van der Waals surface area contributed by atoms with Crippen LogP contribution in [0.4, 0.5) is 11.4 Å². The van der Waals surface area contributed by atoms with E-state index in [2.05, 4.69) is 15.5 Å². The van der Waals surface area contributed by atoms with Crippen LogP contribution in [0.1, 0.15) is 5.56 Å². The summed E-state index contributed by atoms with van der Waals surface area (Å²) in [6.45, 7) is 0.571. The van der Waals surface area contributed by atoms with Gasteiger partial charge in [-0.3, -0.25) is 4.98 Å². The number of primary sulfonamides is 1. The van der Waals surface area contributed by atoms with Gasteiger partial charge in [0.05, 0.1) is 10.6 Å². The molecule has 0 saturated heterocycles. The van der Waals surface area contributed by atoms with Crippen LogP contribution < -0.4 is 10.5 Å². The molecule has 2 rings (SSSR count). The molecule has 7 nitrogen and oxygen atoms in total. The van der Waals surface area contributed by atoms with Crippen LogP contribution in [0.3, 0.4) is 0 Å². The highest BCUT2D eigenvalue weighted by Crippen LogP contribution is 2.27. The average Bonchev–Trinajstić information content (AvgIpc) is 2.47. The summed E-state index contributed by atoms with van der Waals surface area (Å²) in [5.41, 5.74) is 1.57. The summed E-state index contributed by atoms with van der Waals surface area (Å²) in [5, 5.41) is 10.9. The Bertz CT molecular complexity index is 732. The van der Waals surface area contributed by atoms with Crippen molar-refractivity contribution >= 4 is 21.4 Å². The van der Waals surface area contributed by atoms with Crippen LogP contribution in [-0.2, 0) is 16.4 Å². The lowest BCUT2D eigenvalue weighted by atomic mass is 10.2. The molecule has 0 fully saturated rings. The first-order valence-corrected chi connectivity index (χ1v) is 7.68. The van der Waals surface area contributed by atoms with Crippen LogP contribution in [0, 0.1) is 4.91 Å². The summed E-state index contributed by atoms with van der Waals surface area (Å²) >= 11 is 0. The van der Waals surface area contributed by atoms with Gasteiger partial charge in [0.25, 0.3) is 0 Å². The van der Waals surface area contributed by atoms with Crippen LogP contribution >= 0.6 is 0 Å². The number of pyridine rings is 1. The number of hydrogen-bond acceptors (Lipinski definition) is 6. The molecular weight excluding hydrogens is 292 g/mol. The van der Waals surface area contributed by atoms with E-state index in [9.17, 15) is 13.3 Å². The number of nitrogens with zero attached hydrogens (tertiary/aromatic N) is 2. The highest BCUT2D eigenvalue weighted by Gasteiger charge is 2.11. The minimum atomic E-state index is -3.85. The van der Waals surface area contributed by atoms with Gasteiger partial charge in [-0.05, 0) is 47.5 Å². The molecule has 21 heavy (non-hydrogen) atoms. The van der Waals surface area contributed by atoms with Crippen LogP contribution in [-0.4, -0.2) is 19.9 Å². The van der Waals surface area contributed by atoms with Gasteiger partial charge in [0.1, 0.15) is 5.69 Å². The number of aromatic nitrogens is 1. The lowest BCUT2D eigenvalue weighted by Crippen LogP contribution is -2.12. The minimum absolute atomic E-state index is 0.0104. The standard InChI is InChI=1S/C13H14N4O3S/c14-21(19,20)11-1-2-12(13(9-11)17-18)16-8-5-10-3-6-15-7-4-10/h1-4,6-7,9,16H,5,8H2,(H2,14,19,20). The highest BCUT2D eigenvalue weighted by atomic mass is 32.2. The van der Waals surface area contributed by atoms with E-state index in [1.807, 2.05) is 12.1 Å². The zero-order chi connectivity index (χ0) is 15.3. The van der Waals surface area contributed by atoms with Crippen molar-refractivity contribution in [3.63, 3.8) is 0 Å². The molecule has 1 aromatic heterocycles. The van der Waals surface area contributed by atoms with Crippen molar-refractivity contribution in [3.8, 4) is 0 Å². The smallest absolute Gasteiger partial charge is 0.238 e. The van der Waals surface area contributed by atoms with Crippen LogP contribution in [0.15, 0.2) is 52.8 Å². The van der Waals surface area contributed by atoms with Crippen LogP contribution in [0.25, 0.3) is 0 Å². The summed E-state index contributed by atoms with van der Waals surface area (Å²) < 4.78 is 22.4. The first kappa shape index (κ1) is 15.1. The maximum atomic E-state index is 11.2. The normalized spacial score (nSPS) is 11.1. The Morgan fingerprint density at radius 2 is 1.90 bits per heavy atom. The summed E-state index contributed by atoms with van der Waals surface area (Å²) in [7, 11) is -3.85. The Balaban J connectivity index is 2.08. The summed E-state index contributed by atoms with van der Waals surface area (Å²) in [6, 6.07) is 7.74. The molecule has 0 aliphatic heterocycles. The van der Waals surface area contributed by atoms with Gasteiger partial charge in [-0.25, -0.2) is 13.6 Å².